The van der Waals surface area contributed by atoms with Gasteiger partial charge >= 0.3 is 0 Å². The average Bonchev–Trinajstić information content (AvgIpc) is 2.82. The predicted molar refractivity (Wildman–Crippen MR) is 71.3 cm³/mol. The zero-order valence-electron chi connectivity index (χ0n) is 11.6. The van der Waals surface area contributed by atoms with Crippen LogP contribution in [0.2, 0.25) is 0 Å². The summed E-state index contributed by atoms with van der Waals surface area (Å²) in [4.78, 5) is 2.63. The summed E-state index contributed by atoms with van der Waals surface area (Å²) in [6.07, 6.45) is 5.58. The standard InChI is InChI=1S/C14H28N2O/c1-4-11(2)8-13(15-3)14-9-16-7-5-6-12(16)10-17-14/h11-15H,4-10H2,1-3H3. The fourth-order valence-electron chi connectivity index (χ4n) is 3.14. The number of hydrogen-bond donors (Lipinski definition) is 1. The van der Waals surface area contributed by atoms with Crippen molar-refractivity contribution >= 4 is 0 Å². The van der Waals surface area contributed by atoms with Crippen molar-refractivity contribution in [1.82, 2.24) is 10.2 Å². The summed E-state index contributed by atoms with van der Waals surface area (Å²) in [5.41, 5.74) is 0. The van der Waals surface area contributed by atoms with Crippen molar-refractivity contribution in [3.63, 3.8) is 0 Å². The molecule has 2 rings (SSSR count). The maximum atomic E-state index is 6.09. The largest absolute Gasteiger partial charge is 0.374 e. The first-order chi connectivity index (χ1) is 8.24. The molecule has 100 valence electrons. The SMILES string of the molecule is CCC(C)CC(NC)C1CN2CCCC2CO1. The van der Waals surface area contributed by atoms with E-state index in [0.29, 0.717) is 18.2 Å². The Morgan fingerprint density at radius 3 is 3.00 bits per heavy atom. The van der Waals surface area contributed by atoms with Crippen LogP contribution < -0.4 is 5.32 Å². The molecule has 0 amide bonds. The molecule has 0 radical (unpaired) electrons. The number of nitrogens with zero attached hydrogens (tertiary/aromatic N) is 1. The second-order valence-corrected chi connectivity index (χ2v) is 5.81. The topological polar surface area (TPSA) is 24.5 Å². The van der Waals surface area contributed by atoms with Crippen molar-refractivity contribution in [2.45, 2.75) is 57.7 Å². The van der Waals surface area contributed by atoms with Gasteiger partial charge in [-0.1, -0.05) is 20.3 Å². The van der Waals surface area contributed by atoms with E-state index in [4.69, 9.17) is 4.74 Å². The Kier molecular flexibility index (Phi) is 4.83. The summed E-state index contributed by atoms with van der Waals surface area (Å²) in [7, 11) is 2.08. The van der Waals surface area contributed by atoms with Crippen LogP contribution in [0.25, 0.3) is 0 Å². The minimum atomic E-state index is 0.392. The Balaban J connectivity index is 1.87. The highest BCUT2D eigenvalue weighted by atomic mass is 16.5. The highest BCUT2D eigenvalue weighted by Crippen LogP contribution is 2.25. The van der Waals surface area contributed by atoms with Crippen molar-refractivity contribution < 1.29 is 4.74 Å². The lowest BCUT2D eigenvalue weighted by molar-refractivity contribution is -0.0663. The molecule has 17 heavy (non-hydrogen) atoms. The number of likely N-dealkylation sites (N-methyl/N-ethyl adjacent to an activating group) is 1. The second-order valence-electron chi connectivity index (χ2n) is 5.81. The number of ether oxygens (including phenoxy) is 1. The van der Waals surface area contributed by atoms with Crippen molar-refractivity contribution in [3.05, 3.63) is 0 Å². The number of morpholine rings is 1. The van der Waals surface area contributed by atoms with E-state index in [9.17, 15) is 0 Å². The third-order valence-electron chi connectivity index (χ3n) is 4.59. The molecule has 0 spiro atoms. The normalized spacial score (nSPS) is 33.4. The van der Waals surface area contributed by atoms with E-state index < -0.39 is 0 Å². The molecule has 0 aromatic rings. The Bertz CT molecular complexity index is 234. The van der Waals surface area contributed by atoms with Crippen molar-refractivity contribution in [2.24, 2.45) is 5.92 Å². The number of hydrogen-bond acceptors (Lipinski definition) is 3. The fourth-order valence-corrected chi connectivity index (χ4v) is 3.14. The number of fused-ring (bicyclic) bond motifs is 1. The average molecular weight is 240 g/mol. The molecule has 0 saturated carbocycles. The van der Waals surface area contributed by atoms with Crippen LogP contribution in [0, 0.1) is 5.92 Å². The Morgan fingerprint density at radius 2 is 2.29 bits per heavy atom. The molecular weight excluding hydrogens is 212 g/mol. The smallest absolute Gasteiger partial charge is 0.0855 e. The van der Waals surface area contributed by atoms with Crippen LogP contribution in [0.1, 0.15) is 39.5 Å². The fraction of sp³-hybridized carbons (Fsp3) is 1.00. The highest BCUT2D eigenvalue weighted by Gasteiger charge is 2.35. The van der Waals surface area contributed by atoms with E-state index in [-0.39, 0.29) is 0 Å². The molecule has 3 heteroatoms. The first-order valence-electron chi connectivity index (χ1n) is 7.27. The maximum Gasteiger partial charge on any atom is 0.0855 e. The van der Waals surface area contributed by atoms with Crippen molar-refractivity contribution in [2.75, 3.05) is 26.7 Å². The van der Waals surface area contributed by atoms with Crippen LogP contribution >= 0.6 is 0 Å². The molecule has 2 aliphatic heterocycles. The van der Waals surface area contributed by atoms with Gasteiger partial charge in [-0.2, -0.15) is 0 Å². The van der Waals surface area contributed by atoms with E-state index in [2.05, 4.69) is 31.1 Å². The van der Waals surface area contributed by atoms with E-state index in [0.717, 1.165) is 19.1 Å². The van der Waals surface area contributed by atoms with Gasteiger partial charge in [-0.3, -0.25) is 4.90 Å². The third kappa shape index (κ3) is 3.21. The number of rotatable bonds is 5. The van der Waals surface area contributed by atoms with Crippen molar-refractivity contribution in [1.29, 1.82) is 0 Å². The monoisotopic (exact) mass is 240 g/mol. The summed E-state index contributed by atoms with van der Waals surface area (Å²) in [6, 6.07) is 1.24. The zero-order chi connectivity index (χ0) is 12.3. The lowest BCUT2D eigenvalue weighted by Crippen LogP contribution is -2.53. The molecule has 3 nitrogen and oxygen atoms in total. The third-order valence-corrected chi connectivity index (χ3v) is 4.59. The summed E-state index contributed by atoms with van der Waals surface area (Å²) in [5.74, 6) is 0.785. The van der Waals surface area contributed by atoms with E-state index in [1.165, 1.54) is 32.2 Å². The van der Waals surface area contributed by atoms with Gasteiger partial charge in [0, 0.05) is 18.6 Å². The van der Waals surface area contributed by atoms with Gasteiger partial charge in [0.15, 0.2) is 0 Å². The maximum absolute atomic E-state index is 6.09. The molecule has 0 aliphatic carbocycles. The minimum Gasteiger partial charge on any atom is -0.374 e. The van der Waals surface area contributed by atoms with Gasteiger partial charge in [-0.15, -0.1) is 0 Å². The van der Waals surface area contributed by atoms with Gasteiger partial charge in [-0.05, 0) is 38.8 Å². The molecule has 0 aromatic carbocycles. The van der Waals surface area contributed by atoms with Gasteiger partial charge < -0.3 is 10.1 Å². The molecule has 1 N–H and O–H groups in total. The Hall–Kier alpha value is -0.120. The van der Waals surface area contributed by atoms with Crippen LogP contribution in [0.5, 0.6) is 0 Å². The van der Waals surface area contributed by atoms with Crippen molar-refractivity contribution in [3.8, 4) is 0 Å². The van der Waals surface area contributed by atoms with Crippen LogP contribution in [0.15, 0.2) is 0 Å². The molecule has 0 bridgehead atoms. The highest BCUT2D eigenvalue weighted by molar-refractivity contribution is 4.90. The summed E-state index contributed by atoms with van der Waals surface area (Å²) < 4.78 is 6.09. The lowest BCUT2D eigenvalue weighted by atomic mass is 9.95. The molecular formula is C14H28N2O. The Labute approximate surface area is 106 Å². The summed E-state index contributed by atoms with van der Waals surface area (Å²) in [6.45, 7) is 7.97. The van der Waals surface area contributed by atoms with Gasteiger partial charge in [0.05, 0.1) is 12.7 Å². The van der Waals surface area contributed by atoms with Crippen LogP contribution in [0.3, 0.4) is 0 Å². The summed E-state index contributed by atoms with van der Waals surface area (Å²) in [5, 5.41) is 3.47. The lowest BCUT2D eigenvalue weighted by Gasteiger charge is -2.39. The van der Waals surface area contributed by atoms with Crippen LogP contribution in [0.4, 0.5) is 0 Å². The first-order valence-corrected chi connectivity index (χ1v) is 7.27. The second kappa shape index (κ2) is 6.17. The minimum absolute atomic E-state index is 0.392. The zero-order valence-corrected chi connectivity index (χ0v) is 11.6. The first kappa shape index (κ1) is 13.3. The van der Waals surface area contributed by atoms with E-state index >= 15 is 0 Å². The number of nitrogens with one attached hydrogen (secondary N) is 1. The molecule has 4 unspecified atom stereocenters. The molecule has 0 aromatic heterocycles. The van der Waals surface area contributed by atoms with E-state index in [1.807, 2.05) is 0 Å². The predicted octanol–water partition coefficient (Wildman–Crippen LogP) is 1.87. The Morgan fingerprint density at radius 1 is 1.47 bits per heavy atom. The van der Waals surface area contributed by atoms with E-state index in [1.54, 1.807) is 0 Å². The van der Waals surface area contributed by atoms with Gasteiger partial charge in [0.25, 0.3) is 0 Å². The molecule has 2 aliphatic rings. The van der Waals surface area contributed by atoms with Gasteiger partial charge in [0.1, 0.15) is 0 Å². The molecule has 4 atom stereocenters. The van der Waals surface area contributed by atoms with Crippen LogP contribution in [-0.4, -0.2) is 49.8 Å². The van der Waals surface area contributed by atoms with Gasteiger partial charge in [0.2, 0.25) is 0 Å². The molecule has 2 saturated heterocycles. The molecule has 2 heterocycles. The molecule has 2 fully saturated rings. The van der Waals surface area contributed by atoms with Crippen LogP contribution in [-0.2, 0) is 4.74 Å². The quantitative estimate of drug-likeness (QED) is 0.794. The van der Waals surface area contributed by atoms with Gasteiger partial charge in [-0.25, -0.2) is 0 Å². The summed E-state index contributed by atoms with van der Waals surface area (Å²) >= 11 is 0.